The first kappa shape index (κ1) is 23.8. The Labute approximate surface area is 181 Å². The number of hydrogen-bond donors (Lipinski definition) is 2. The molecule has 1 aromatic heterocycles. The number of rotatable bonds is 6. The summed E-state index contributed by atoms with van der Waals surface area (Å²) in [6, 6.07) is 10.6. The summed E-state index contributed by atoms with van der Waals surface area (Å²) < 4.78 is 52.3. The van der Waals surface area contributed by atoms with Gasteiger partial charge in [0.25, 0.3) is 0 Å². The van der Waals surface area contributed by atoms with Crippen LogP contribution in [-0.4, -0.2) is 35.3 Å². The first-order valence-corrected chi connectivity index (χ1v) is 8.63. The normalized spacial score (nSPS) is 11.2. The predicted octanol–water partition coefficient (Wildman–Crippen LogP) is 4.71. The molecule has 0 aliphatic carbocycles. The number of nitrogens with one attached hydrogen (secondary N) is 2. The quantitative estimate of drug-likeness (QED) is 0.318. The molecule has 0 fully saturated rings. The second-order valence-electron chi connectivity index (χ2n) is 6.26. The molecular formula is C19H18ClF4N7. The van der Waals surface area contributed by atoms with E-state index < -0.39 is 11.7 Å². The van der Waals surface area contributed by atoms with Gasteiger partial charge in [-0.15, -0.1) is 12.4 Å². The number of halogens is 5. The topological polar surface area (TPSA) is 78.3 Å². The van der Waals surface area contributed by atoms with E-state index in [0.717, 1.165) is 12.3 Å². The molecule has 0 saturated heterocycles. The van der Waals surface area contributed by atoms with Gasteiger partial charge in [-0.05, 0) is 30.3 Å². The number of hydrogen-bond acceptors (Lipinski definition) is 7. The summed E-state index contributed by atoms with van der Waals surface area (Å²) in [5.74, 6) is 0.0526. The number of hydrazone groups is 1. The number of anilines is 4. The van der Waals surface area contributed by atoms with Crippen molar-refractivity contribution in [1.82, 2.24) is 15.0 Å². The highest BCUT2D eigenvalue weighted by Crippen LogP contribution is 2.31. The standard InChI is InChI=1S/C19H17F4N7.ClH/c1-30(2)18-27-16(25-14-9-7-13(20)8-10-14)26-17(28-18)29-24-11-12-5-3-4-6-15(12)19(21,22)23;/h3-11H,1-2H3,(H2,25,26,27,28,29);1H. The molecule has 0 unspecified atom stereocenters. The molecule has 0 aliphatic rings. The summed E-state index contributed by atoms with van der Waals surface area (Å²) >= 11 is 0. The van der Waals surface area contributed by atoms with Crippen molar-refractivity contribution >= 4 is 42.2 Å². The lowest BCUT2D eigenvalue weighted by atomic mass is 10.1. The lowest BCUT2D eigenvalue weighted by molar-refractivity contribution is -0.137. The Morgan fingerprint density at radius 2 is 1.58 bits per heavy atom. The van der Waals surface area contributed by atoms with Gasteiger partial charge in [0.2, 0.25) is 17.8 Å². The zero-order valence-electron chi connectivity index (χ0n) is 16.4. The van der Waals surface area contributed by atoms with E-state index in [-0.39, 0.29) is 41.6 Å². The van der Waals surface area contributed by atoms with Gasteiger partial charge in [-0.25, -0.2) is 9.82 Å². The Balaban J connectivity index is 0.00000341. The van der Waals surface area contributed by atoms with Crippen LogP contribution in [0.3, 0.4) is 0 Å². The van der Waals surface area contributed by atoms with Crippen LogP contribution in [-0.2, 0) is 6.18 Å². The Morgan fingerprint density at radius 1 is 0.935 bits per heavy atom. The highest BCUT2D eigenvalue weighted by Gasteiger charge is 2.32. The van der Waals surface area contributed by atoms with Gasteiger partial charge in [0.1, 0.15) is 5.82 Å². The highest BCUT2D eigenvalue weighted by atomic mass is 35.5. The summed E-state index contributed by atoms with van der Waals surface area (Å²) in [4.78, 5) is 14.1. The van der Waals surface area contributed by atoms with Crippen LogP contribution in [0.25, 0.3) is 0 Å². The van der Waals surface area contributed by atoms with Gasteiger partial charge in [0, 0.05) is 25.3 Å². The molecule has 0 spiro atoms. The molecule has 31 heavy (non-hydrogen) atoms. The van der Waals surface area contributed by atoms with Gasteiger partial charge in [-0.3, -0.25) is 0 Å². The zero-order valence-corrected chi connectivity index (χ0v) is 17.2. The lowest BCUT2D eigenvalue weighted by Crippen LogP contribution is -2.15. The minimum Gasteiger partial charge on any atom is -0.347 e. The molecule has 3 rings (SSSR count). The van der Waals surface area contributed by atoms with Gasteiger partial charge in [-0.1, -0.05) is 18.2 Å². The average Bonchev–Trinajstić information content (AvgIpc) is 2.69. The van der Waals surface area contributed by atoms with Gasteiger partial charge < -0.3 is 10.2 Å². The van der Waals surface area contributed by atoms with Crippen molar-refractivity contribution < 1.29 is 17.6 Å². The molecule has 12 heteroatoms. The van der Waals surface area contributed by atoms with Crippen LogP contribution in [0.4, 0.5) is 41.1 Å². The van der Waals surface area contributed by atoms with Crippen LogP contribution in [0.2, 0.25) is 0 Å². The zero-order chi connectivity index (χ0) is 21.7. The Bertz CT molecular complexity index is 1040. The summed E-state index contributed by atoms with van der Waals surface area (Å²) in [6.45, 7) is 0. The third-order valence-corrected chi connectivity index (χ3v) is 3.76. The number of nitrogens with zero attached hydrogens (tertiary/aromatic N) is 5. The average molecular weight is 456 g/mol. The third kappa shape index (κ3) is 6.51. The molecule has 0 amide bonds. The molecule has 0 saturated carbocycles. The fourth-order valence-electron chi connectivity index (χ4n) is 2.36. The smallest absolute Gasteiger partial charge is 0.347 e. The molecule has 164 valence electrons. The van der Waals surface area contributed by atoms with Crippen molar-refractivity contribution in [1.29, 1.82) is 0 Å². The van der Waals surface area contributed by atoms with Gasteiger partial charge in [0.05, 0.1) is 11.8 Å². The number of alkyl halides is 3. The molecule has 1 heterocycles. The summed E-state index contributed by atoms with van der Waals surface area (Å²) in [5, 5.41) is 6.73. The molecule has 7 nitrogen and oxygen atoms in total. The van der Waals surface area contributed by atoms with Crippen molar-refractivity contribution in [2.75, 3.05) is 29.7 Å². The number of aromatic nitrogens is 3. The molecule has 0 atom stereocenters. The maximum absolute atomic E-state index is 13.1. The molecule has 2 aromatic carbocycles. The number of benzene rings is 2. The van der Waals surface area contributed by atoms with Crippen LogP contribution in [0.1, 0.15) is 11.1 Å². The van der Waals surface area contributed by atoms with Crippen LogP contribution >= 0.6 is 12.4 Å². The van der Waals surface area contributed by atoms with Crippen molar-refractivity contribution in [3.8, 4) is 0 Å². The first-order chi connectivity index (χ1) is 14.2. The van der Waals surface area contributed by atoms with Gasteiger partial charge in [-0.2, -0.15) is 33.2 Å². The SMILES string of the molecule is CN(C)c1nc(NN=Cc2ccccc2C(F)(F)F)nc(Nc2ccc(F)cc2)n1.Cl. The van der Waals surface area contributed by atoms with E-state index in [9.17, 15) is 17.6 Å². The second kappa shape index (κ2) is 10.0. The second-order valence-corrected chi connectivity index (χ2v) is 6.26. The van der Waals surface area contributed by atoms with Crippen LogP contribution in [0.5, 0.6) is 0 Å². The summed E-state index contributed by atoms with van der Waals surface area (Å²) in [7, 11) is 3.42. The minimum absolute atomic E-state index is 0. The van der Waals surface area contributed by atoms with E-state index in [4.69, 9.17) is 0 Å². The van der Waals surface area contributed by atoms with Crippen molar-refractivity contribution in [2.24, 2.45) is 5.10 Å². The highest BCUT2D eigenvalue weighted by molar-refractivity contribution is 5.85. The maximum atomic E-state index is 13.1. The monoisotopic (exact) mass is 455 g/mol. The Kier molecular flexibility index (Phi) is 7.70. The fourth-order valence-corrected chi connectivity index (χ4v) is 2.36. The molecule has 2 N–H and O–H groups in total. The third-order valence-electron chi connectivity index (χ3n) is 3.76. The van der Waals surface area contributed by atoms with E-state index in [1.807, 2.05) is 0 Å². The molecule has 0 aliphatic heterocycles. The lowest BCUT2D eigenvalue weighted by Gasteiger charge is -2.13. The summed E-state index contributed by atoms with van der Waals surface area (Å²) in [5.41, 5.74) is 2.14. The van der Waals surface area contributed by atoms with Crippen molar-refractivity contribution in [3.05, 3.63) is 65.5 Å². The largest absolute Gasteiger partial charge is 0.417 e. The maximum Gasteiger partial charge on any atom is 0.417 e. The summed E-state index contributed by atoms with van der Waals surface area (Å²) in [6.07, 6.45) is -3.46. The van der Waals surface area contributed by atoms with Crippen LogP contribution < -0.4 is 15.6 Å². The van der Waals surface area contributed by atoms with E-state index in [1.165, 1.54) is 42.5 Å². The Hall–Kier alpha value is -3.47. The molecule has 0 bridgehead atoms. The molecular weight excluding hydrogens is 438 g/mol. The van der Waals surface area contributed by atoms with Crippen molar-refractivity contribution in [3.63, 3.8) is 0 Å². The van der Waals surface area contributed by atoms with Gasteiger partial charge >= 0.3 is 6.18 Å². The minimum atomic E-state index is -4.50. The van der Waals surface area contributed by atoms with Gasteiger partial charge in [0.15, 0.2) is 0 Å². The van der Waals surface area contributed by atoms with Crippen LogP contribution in [0, 0.1) is 5.82 Å². The van der Waals surface area contributed by atoms with E-state index >= 15 is 0 Å². The van der Waals surface area contributed by atoms with E-state index in [2.05, 4.69) is 30.8 Å². The molecule has 0 radical (unpaired) electrons. The van der Waals surface area contributed by atoms with E-state index in [1.54, 1.807) is 19.0 Å². The predicted molar refractivity (Wildman–Crippen MR) is 114 cm³/mol. The first-order valence-electron chi connectivity index (χ1n) is 8.63. The fraction of sp³-hybridized carbons (Fsp3) is 0.158. The van der Waals surface area contributed by atoms with Crippen molar-refractivity contribution in [2.45, 2.75) is 6.18 Å². The molecule has 3 aromatic rings. The Morgan fingerprint density at radius 3 is 2.23 bits per heavy atom. The van der Waals surface area contributed by atoms with Crippen LogP contribution in [0.15, 0.2) is 53.6 Å². The van der Waals surface area contributed by atoms with E-state index in [0.29, 0.717) is 5.69 Å².